The van der Waals surface area contributed by atoms with Crippen LogP contribution < -0.4 is 0 Å². The molecule has 0 heterocycles. The van der Waals surface area contributed by atoms with E-state index in [1.54, 1.807) is 11.1 Å². The van der Waals surface area contributed by atoms with E-state index in [-0.39, 0.29) is 0 Å². The van der Waals surface area contributed by atoms with Gasteiger partial charge in [-0.1, -0.05) is 61.8 Å². The fourth-order valence-corrected chi connectivity index (χ4v) is 2.26. The molecule has 0 bridgehead atoms. The summed E-state index contributed by atoms with van der Waals surface area (Å²) in [5.41, 5.74) is 7.42. The number of allylic oxidation sites excluding steroid dienone is 7. The fourth-order valence-electron chi connectivity index (χ4n) is 2.26. The van der Waals surface area contributed by atoms with Crippen LogP contribution in [0.5, 0.6) is 0 Å². The molecule has 0 aromatic rings. The van der Waals surface area contributed by atoms with Crippen molar-refractivity contribution in [3.05, 3.63) is 46.6 Å². The molecule has 0 unspecified atom stereocenters. The first-order chi connectivity index (χ1) is 7.99. The van der Waals surface area contributed by atoms with Gasteiger partial charge in [0.05, 0.1) is 0 Å². The van der Waals surface area contributed by atoms with Crippen LogP contribution in [0, 0.1) is 5.92 Å². The van der Waals surface area contributed by atoms with E-state index in [0.29, 0.717) is 5.92 Å². The van der Waals surface area contributed by atoms with Gasteiger partial charge in [0, 0.05) is 0 Å². The molecule has 0 saturated carbocycles. The van der Waals surface area contributed by atoms with Gasteiger partial charge in [0.25, 0.3) is 0 Å². The molecular weight excluding hydrogens is 204 g/mol. The number of rotatable bonds is 4. The molecule has 0 saturated heterocycles. The van der Waals surface area contributed by atoms with Gasteiger partial charge >= 0.3 is 0 Å². The van der Waals surface area contributed by atoms with Gasteiger partial charge in [-0.2, -0.15) is 0 Å². The summed E-state index contributed by atoms with van der Waals surface area (Å²) < 4.78 is 0. The minimum atomic E-state index is 0.555. The molecule has 0 aromatic carbocycles. The van der Waals surface area contributed by atoms with Crippen LogP contribution in [0.4, 0.5) is 0 Å². The lowest BCUT2D eigenvalue weighted by atomic mass is 10.00. The highest BCUT2D eigenvalue weighted by molar-refractivity contribution is 5.46. The molecule has 17 heavy (non-hydrogen) atoms. The Labute approximate surface area is 107 Å². The van der Waals surface area contributed by atoms with E-state index < -0.39 is 0 Å². The predicted octanol–water partition coefficient (Wildman–Crippen LogP) is 5.59. The van der Waals surface area contributed by atoms with Gasteiger partial charge in [0.2, 0.25) is 0 Å². The monoisotopic (exact) mass is 230 g/mol. The van der Waals surface area contributed by atoms with E-state index in [1.807, 2.05) is 0 Å². The van der Waals surface area contributed by atoms with E-state index in [9.17, 15) is 0 Å². The van der Waals surface area contributed by atoms with E-state index in [2.05, 4.69) is 53.3 Å². The highest BCUT2D eigenvalue weighted by Gasteiger charge is 2.18. The Kier molecular flexibility index (Phi) is 4.99. The molecule has 0 radical (unpaired) electrons. The summed E-state index contributed by atoms with van der Waals surface area (Å²) in [6.07, 6.45) is 8.00. The molecule has 0 N–H and O–H groups in total. The predicted molar refractivity (Wildman–Crippen MR) is 78.0 cm³/mol. The van der Waals surface area contributed by atoms with Gasteiger partial charge < -0.3 is 0 Å². The lowest BCUT2D eigenvalue weighted by Crippen LogP contribution is -1.90. The van der Waals surface area contributed by atoms with Gasteiger partial charge in [-0.05, 0) is 44.6 Å². The quantitative estimate of drug-likeness (QED) is 0.590. The lowest BCUT2D eigenvalue weighted by Gasteiger charge is -2.06. The molecular formula is C17H26. The van der Waals surface area contributed by atoms with Crippen molar-refractivity contribution < 1.29 is 0 Å². The summed E-state index contributed by atoms with van der Waals surface area (Å²) in [4.78, 5) is 0. The maximum Gasteiger partial charge on any atom is -0.00585 e. The molecule has 1 aliphatic rings. The molecule has 0 aromatic heterocycles. The van der Waals surface area contributed by atoms with Crippen molar-refractivity contribution >= 4 is 0 Å². The average Bonchev–Trinajstić information content (AvgIpc) is 2.70. The molecule has 0 nitrogen and oxygen atoms in total. The van der Waals surface area contributed by atoms with Gasteiger partial charge in [0.15, 0.2) is 0 Å². The van der Waals surface area contributed by atoms with Crippen molar-refractivity contribution in [2.75, 3.05) is 0 Å². The standard InChI is InChI=1S/C17H26/c1-7-13(5)17-11-15(10-16(17)8-2)9-14(6)12(3)4/h7,9,12H,6,8,10-11H2,1-5H3/b13-7-,15-9-. The van der Waals surface area contributed by atoms with Crippen LogP contribution in [0.25, 0.3) is 0 Å². The first-order valence-corrected chi connectivity index (χ1v) is 6.72. The zero-order valence-corrected chi connectivity index (χ0v) is 12.1. The minimum absolute atomic E-state index is 0.555. The van der Waals surface area contributed by atoms with Gasteiger partial charge in [-0.3, -0.25) is 0 Å². The maximum absolute atomic E-state index is 4.15. The molecule has 0 fully saturated rings. The zero-order chi connectivity index (χ0) is 13.0. The van der Waals surface area contributed by atoms with Crippen molar-refractivity contribution in [2.24, 2.45) is 5.92 Å². The van der Waals surface area contributed by atoms with Gasteiger partial charge in [-0.15, -0.1) is 0 Å². The van der Waals surface area contributed by atoms with Crippen LogP contribution in [-0.4, -0.2) is 0 Å². The molecule has 1 aliphatic carbocycles. The molecule has 0 atom stereocenters. The number of hydrogen-bond acceptors (Lipinski definition) is 0. The molecule has 0 amide bonds. The molecule has 0 aliphatic heterocycles. The second-order valence-corrected chi connectivity index (χ2v) is 5.29. The van der Waals surface area contributed by atoms with Crippen LogP contribution in [0.1, 0.15) is 53.9 Å². The largest absolute Gasteiger partial charge is 0.0956 e. The van der Waals surface area contributed by atoms with Gasteiger partial charge in [-0.25, -0.2) is 0 Å². The molecule has 0 spiro atoms. The highest BCUT2D eigenvalue weighted by Crippen LogP contribution is 2.37. The van der Waals surface area contributed by atoms with Crippen LogP contribution in [0.15, 0.2) is 46.6 Å². The minimum Gasteiger partial charge on any atom is -0.0956 e. The van der Waals surface area contributed by atoms with Crippen molar-refractivity contribution in [1.29, 1.82) is 0 Å². The molecule has 1 rings (SSSR count). The third kappa shape index (κ3) is 3.46. The summed E-state index contributed by atoms with van der Waals surface area (Å²) in [6.45, 7) is 15.2. The van der Waals surface area contributed by atoms with E-state index in [1.165, 1.54) is 23.1 Å². The number of hydrogen-bond donors (Lipinski definition) is 0. The summed E-state index contributed by atoms with van der Waals surface area (Å²) in [7, 11) is 0. The summed E-state index contributed by atoms with van der Waals surface area (Å²) >= 11 is 0. The van der Waals surface area contributed by atoms with E-state index >= 15 is 0 Å². The fraction of sp³-hybridized carbons (Fsp3) is 0.529. The average molecular weight is 230 g/mol. The Hall–Kier alpha value is -1.04. The Balaban J connectivity index is 2.88. The van der Waals surface area contributed by atoms with Crippen molar-refractivity contribution in [3.63, 3.8) is 0 Å². The smallest absolute Gasteiger partial charge is 0.00585 e. The van der Waals surface area contributed by atoms with Crippen LogP contribution in [0.2, 0.25) is 0 Å². The van der Waals surface area contributed by atoms with E-state index in [4.69, 9.17) is 0 Å². The van der Waals surface area contributed by atoms with Crippen LogP contribution in [-0.2, 0) is 0 Å². The van der Waals surface area contributed by atoms with Crippen molar-refractivity contribution in [2.45, 2.75) is 53.9 Å². The SMILES string of the molecule is C=C(/C=C1/CC(CC)=C(/C(C)=C\C)C1)C(C)C. The summed E-state index contributed by atoms with van der Waals surface area (Å²) in [6, 6.07) is 0. The summed E-state index contributed by atoms with van der Waals surface area (Å²) in [5.74, 6) is 0.555. The molecule has 94 valence electrons. The maximum atomic E-state index is 4.15. The lowest BCUT2D eigenvalue weighted by molar-refractivity contribution is 0.791. The van der Waals surface area contributed by atoms with E-state index in [0.717, 1.165) is 12.8 Å². The van der Waals surface area contributed by atoms with Gasteiger partial charge in [0.1, 0.15) is 0 Å². The second kappa shape index (κ2) is 6.05. The first kappa shape index (κ1) is 14.0. The zero-order valence-electron chi connectivity index (χ0n) is 12.1. The Bertz CT molecular complexity index is 386. The normalized spacial score (nSPS) is 19.6. The first-order valence-electron chi connectivity index (χ1n) is 6.72. The topological polar surface area (TPSA) is 0 Å². The van der Waals surface area contributed by atoms with Crippen molar-refractivity contribution in [3.8, 4) is 0 Å². The highest BCUT2D eigenvalue weighted by atomic mass is 14.2. The third-order valence-electron chi connectivity index (χ3n) is 3.74. The van der Waals surface area contributed by atoms with Crippen LogP contribution >= 0.6 is 0 Å². The Morgan fingerprint density at radius 1 is 1.35 bits per heavy atom. The van der Waals surface area contributed by atoms with Crippen molar-refractivity contribution in [1.82, 2.24) is 0 Å². The second-order valence-electron chi connectivity index (χ2n) is 5.29. The Morgan fingerprint density at radius 3 is 2.47 bits per heavy atom. The third-order valence-corrected chi connectivity index (χ3v) is 3.74. The molecule has 0 heteroatoms. The van der Waals surface area contributed by atoms with Crippen LogP contribution in [0.3, 0.4) is 0 Å². The Morgan fingerprint density at radius 2 is 2.00 bits per heavy atom. The summed E-state index contributed by atoms with van der Waals surface area (Å²) in [5, 5.41) is 0.